The van der Waals surface area contributed by atoms with Crippen molar-refractivity contribution in [2.75, 3.05) is 25.1 Å². The molecule has 1 aliphatic heterocycles. The highest BCUT2D eigenvalue weighted by Gasteiger charge is 2.30. The van der Waals surface area contributed by atoms with E-state index < -0.39 is 11.7 Å². The molecule has 1 unspecified atom stereocenters. The fourth-order valence-electron chi connectivity index (χ4n) is 3.38. The van der Waals surface area contributed by atoms with Gasteiger partial charge in [-0.15, -0.1) is 0 Å². The molecule has 9 heteroatoms. The minimum absolute atomic E-state index is 0.276. The number of nitrogens with zero attached hydrogens (tertiary/aromatic N) is 3. The zero-order chi connectivity index (χ0) is 20.6. The van der Waals surface area contributed by atoms with Crippen molar-refractivity contribution < 1.29 is 17.9 Å². The molecule has 6 nitrogen and oxygen atoms in total. The fourth-order valence-corrected chi connectivity index (χ4v) is 3.38. The molecule has 1 aliphatic rings. The van der Waals surface area contributed by atoms with Gasteiger partial charge in [-0.05, 0) is 24.1 Å². The van der Waals surface area contributed by atoms with E-state index in [1.54, 1.807) is 7.05 Å². The number of aryl methyl sites for hydroxylation is 1. The topological polar surface area (TPSA) is 69.0 Å². The minimum Gasteiger partial charge on any atom is -0.381 e. The van der Waals surface area contributed by atoms with E-state index in [1.807, 2.05) is 0 Å². The Hall–Kier alpha value is -2.94. The van der Waals surface area contributed by atoms with Crippen LogP contribution in [0.15, 0.2) is 41.6 Å². The van der Waals surface area contributed by atoms with E-state index >= 15 is 0 Å². The quantitative estimate of drug-likeness (QED) is 0.721. The molecular formula is C20H19F3N4O2. The Bertz CT molecular complexity index is 1090. The van der Waals surface area contributed by atoms with Gasteiger partial charge >= 0.3 is 6.18 Å². The summed E-state index contributed by atoms with van der Waals surface area (Å²) < 4.78 is 45.3. The first-order chi connectivity index (χ1) is 13.8. The van der Waals surface area contributed by atoms with Gasteiger partial charge in [0.1, 0.15) is 11.2 Å². The van der Waals surface area contributed by atoms with Crippen molar-refractivity contribution in [3.8, 4) is 11.1 Å². The first-order valence-electron chi connectivity index (χ1n) is 9.18. The molecule has 1 N–H and O–H groups in total. The average Bonchev–Trinajstić information content (AvgIpc) is 3.22. The lowest BCUT2D eigenvalue weighted by Gasteiger charge is -2.14. The lowest BCUT2D eigenvalue weighted by atomic mass is 10.0. The molecule has 152 valence electrons. The number of hydrogen-bond donors (Lipinski definition) is 1. The van der Waals surface area contributed by atoms with Gasteiger partial charge in [-0.1, -0.05) is 12.1 Å². The monoisotopic (exact) mass is 404 g/mol. The zero-order valence-corrected chi connectivity index (χ0v) is 15.7. The number of rotatable bonds is 4. The smallest absolute Gasteiger partial charge is 0.381 e. The molecule has 0 bridgehead atoms. The Morgan fingerprint density at radius 2 is 2.00 bits per heavy atom. The van der Waals surface area contributed by atoms with Crippen LogP contribution in [0.5, 0.6) is 0 Å². The molecule has 29 heavy (non-hydrogen) atoms. The molecule has 1 fully saturated rings. The molecule has 2 aromatic heterocycles. The SMILES string of the molecule is Cn1cnc2c(-c3ccc(C(F)(F)F)cc3)cnc(NCC3CCOC3)c2c1=O. The predicted molar refractivity (Wildman–Crippen MR) is 103 cm³/mol. The van der Waals surface area contributed by atoms with Gasteiger partial charge in [0.25, 0.3) is 5.56 Å². The van der Waals surface area contributed by atoms with E-state index in [-0.39, 0.29) is 5.56 Å². The Morgan fingerprint density at radius 3 is 2.66 bits per heavy atom. The van der Waals surface area contributed by atoms with Crippen LogP contribution < -0.4 is 10.9 Å². The molecule has 0 amide bonds. The molecule has 3 aromatic rings. The van der Waals surface area contributed by atoms with Gasteiger partial charge in [0, 0.05) is 37.9 Å². The summed E-state index contributed by atoms with van der Waals surface area (Å²) in [4.78, 5) is 21.5. The second-order valence-electron chi connectivity index (χ2n) is 7.09. The molecule has 0 aliphatic carbocycles. The summed E-state index contributed by atoms with van der Waals surface area (Å²) in [5.74, 6) is 0.748. The van der Waals surface area contributed by atoms with Crippen LogP contribution in [0.25, 0.3) is 22.0 Å². The largest absolute Gasteiger partial charge is 0.416 e. The van der Waals surface area contributed by atoms with Crippen LogP contribution in [-0.2, 0) is 18.0 Å². The van der Waals surface area contributed by atoms with Crippen molar-refractivity contribution in [3.05, 3.63) is 52.7 Å². The maximum Gasteiger partial charge on any atom is 0.416 e. The molecule has 3 heterocycles. The van der Waals surface area contributed by atoms with Crippen molar-refractivity contribution in [1.29, 1.82) is 0 Å². The Labute approximate surface area is 164 Å². The van der Waals surface area contributed by atoms with Crippen molar-refractivity contribution in [1.82, 2.24) is 14.5 Å². The number of nitrogens with one attached hydrogen (secondary N) is 1. The van der Waals surface area contributed by atoms with Crippen LogP contribution in [0, 0.1) is 5.92 Å². The summed E-state index contributed by atoms with van der Waals surface area (Å²) in [5.41, 5.74) is 0.391. The van der Waals surface area contributed by atoms with Crippen molar-refractivity contribution >= 4 is 16.7 Å². The second kappa shape index (κ2) is 7.47. The van der Waals surface area contributed by atoms with E-state index in [9.17, 15) is 18.0 Å². The lowest BCUT2D eigenvalue weighted by molar-refractivity contribution is -0.137. The zero-order valence-electron chi connectivity index (χ0n) is 15.7. The van der Waals surface area contributed by atoms with Crippen LogP contribution in [0.4, 0.5) is 19.0 Å². The molecule has 1 aromatic carbocycles. The van der Waals surface area contributed by atoms with E-state index in [1.165, 1.54) is 29.2 Å². The predicted octanol–water partition coefficient (Wildman–Crippen LogP) is 3.46. The normalized spacial score (nSPS) is 17.0. The maximum atomic E-state index is 12.9. The highest BCUT2D eigenvalue weighted by molar-refractivity contribution is 5.98. The van der Waals surface area contributed by atoms with Crippen molar-refractivity contribution in [2.45, 2.75) is 12.6 Å². The van der Waals surface area contributed by atoms with Gasteiger partial charge in [-0.25, -0.2) is 9.97 Å². The summed E-state index contributed by atoms with van der Waals surface area (Å²) in [7, 11) is 1.59. The fraction of sp³-hybridized carbons (Fsp3) is 0.350. The number of hydrogen-bond acceptors (Lipinski definition) is 5. The van der Waals surface area contributed by atoms with Crippen LogP contribution in [-0.4, -0.2) is 34.3 Å². The Kier molecular flexibility index (Phi) is 4.99. The molecule has 0 spiro atoms. The number of anilines is 1. The first-order valence-corrected chi connectivity index (χ1v) is 9.18. The van der Waals surface area contributed by atoms with E-state index in [0.717, 1.165) is 25.2 Å². The number of fused-ring (bicyclic) bond motifs is 1. The van der Waals surface area contributed by atoms with Crippen LogP contribution in [0.2, 0.25) is 0 Å². The minimum atomic E-state index is -4.41. The lowest BCUT2D eigenvalue weighted by Crippen LogP contribution is -2.21. The number of benzene rings is 1. The molecule has 1 atom stereocenters. The van der Waals surface area contributed by atoms with Gasteiger partial charge in [0.15, 0.2) is 0 Å². The molecular weight excluding hydrogens is 385 g/mol. The van der Waals surface area contributed by atoms with E-state index in [0.29, 0.717) is 46.9 Å². The summed E-state index contributed by atoms with van der Waals surface area (Å²) >= 11 is 0. The molecule has 0 radical (unpaired) electrons. The van der Waals surface area contributed by atoms with Gasteiger partial charge in [-0.2, -0.15) is 13.2 Å². The van der Waals surface area contributed by atoms with Crippen molar-refractivity contribution in [3.63, 3.8) is 0 Å². The molecule has 0 saturated carbocycles. The van der Waals surface area contributed by atoms with Gasteiger partial charge < -0.3 is 14.6 Å². The third kappa shape index (κ3) is 3.82. The van der Waals surface area contributed by atoms with Crippen LogP contribution in [0.3, 0.4) is 0 Å². The third-order valence-electron chi connectivity index (χ3n) is 5.05. The number of ether oxygens (including phenoxy) is 1. The van der Waals surface area contributed by atoms with E-state index in [2.05, 4.69) is 15.3 Å². The van der Waals surface area contributed by atoms with E-state index in [4.69, 9.17) is 4.74 Å². The molecule has 1 saturated heterocycles. The summed E-state index contributed by atoms with van der Waals surface area (Å²) in [6.45, 7) is 1.99. The molecule has 4 rings (SSSR count). The van der Waals surface area contributed by atoms with Gasteiger partial charge in [-0.3, -0.25) is 4.79 Å². The number of halogens is 3. The first kappa shape index (κ1) is 19.4. The van der Waals surface area contributed by atoms with Gasteiger partial charge in [0.05, 0.1) is 24.0 Å². The number of alkyl halides is 3. The number of aromatic nitrogens is 3. The standard InChI is InChI=1S/C20H19F3N4O2/c1-27-11-26-17-15(13-2-4-14(5-3-13)20(21,22)23)9-25-18(16(17)19(27)28)24-8-12-6-7-29-10-12/h2-5,9,11-12H,6-8,10H2,1H3,(H,24,25). The highest BCUT2D eigenvalue weighted by atomic mass is 19.4. The summed E-state index contributed by atoms with van der Waals surface area (Å²) in [5, 5.41) is 3.52. The summed E-state index contributed by atoms with van der Waals surface area (Å²) in [6, 6.07) is 4.74. The van der Waals surface area contributed by atoms with Gasteiger partial charge in [0.2, 0.25) is 0 Å². The van der Waals surface area contributed by atoms with Crippen LogP contribution >= 0.6 is 0 Å². The maximum absolute atomic E-state index is 12.9. The van der Waals surface area contributed by atoms with Crippen LogP contribution in [0.1, 0.15) is 12.0 Å². The number of pyridine rings is 1. The highest BCUT2D eigenvalue weighted by Crippen LogP contribution is 2.33. The third-order valence-corrected chi connectivity index (χ3v) is 5.05. The second-order valence-corrected chi connectivity index (χ2v) is 7.09. The van der Waals surface area contributed by atoms with Crippen molar-refractivity contribution in [2.24, 2.45) is 13.0 Å². The Morgan fingerprint density at radius 1 is 1.24 bits per heavy atom. The summed E-state index contributed by atoms with van der Waals surface area (Å²) in [6.07, 6.45) is -0.548. The Balaban J connectivity index is 1.77. The average molecular weight is 404 g/mol.